The Morgan fingerprint density at radius 1 is 1.56 bits per heavy atom. The van der Waals surface area contributed by atoms with E-state index in [2.05, 4.69) is 0 Å². The van der Waals surface area contributed by atoms with Crippen LogP contribution in [0.5, 0.6) is 0 Å². The molecule has 18 heavy (non-hydrogen) atoms. The van der Waals surface area contributed by atoms with Gasteiger partial charge in [-0.2, -0.15) is 13.2 Å². The van der Waals surface area contributed by atoms with Gasteiger partial charge in [0.2, 0.25) is 5.91 Å². The number of hydrogen-bond donors (Lipinski definition) is 1. The van der Waals surface area contributed by atoms with Crippen LogP contribution in [0.1, 0.15) is 26.2 Å². The predicted octanol–water partition coefficient (Wildman–Crippen LogP) is 1.29. The molecule has 1 heterocycles. The van der Waals surface area contributed by atoms with E-state index in [-0.39, 0.29) is 24.9 Å². The Bertz CT molecular complexity index is 282. The molecule has 7 heteroatoms. The Labute approximate surface area is 104 Å². The molecule has 0 radical (unpaired) electrons. The lowest BCUT2D eigenvalue weighted by Crippen LogP contribution is -2.45. The number of nitrogens with zero attached hydrogens (tertiary/aromatic N) is 1. The number of amides is 1. The minimum absolute atomic E-state index is 0.120. The molecule has 0 aliphatic carbocycles. The SMILES string of the molecule is CC(N)CC(=O)N1CCCC(OCC(F)(F)F)C1. The maximum atomic E-state index is 12.0. The molecule has 0 spiro atoms. The molecule has 2 N–H and O–H groups in total. The van der Waals surface area contributed by atoms with Crippen molar-refractivity contribution in [2.24, 2.45) is 5.73 Å². The molecular weight excluding hydrogens is 249 g/mol. The van der Waals surface area contributed by atoms with E-state index in [4.69, 9.17) is 10.5 Å². The van der Waals surface area contributed by atoms with Gasteiger partial charge in [-0.1, -0.05) is 0 Å². The third-order valence-electron chi connectivity index (χ3n) is 2.71. The van der Waals surface area contributed by atoms with Crippen LogP contribution in [0.15, 0.2) is 0 Å². The average molecular weight is 268 g/mol. The lowest BCUT2D eigenvalue weighted by molar-refractivity contribution is -0.190. The topological polar surface area (TPSA) is 55.6 Å². The van der Waals surface area contributed by atoms with Gasteiger partial charge in [0.1, 0.15) is 6.61 Å². The zero-order chi connectivity index (χ0) is 13.8. The highest BCUT2D eigenvalue weighted by Gasteiger charge is 2.31. The van der Waals surface area contributed by atoms with Crippen LogP contribution in [-0.2, 0) is 9.53 Å². The zero-order valence-corrected chi connectivity index (χ0v) is 10.4. The lowest BCUT2D eigenvalue weighted by Gasteiger charge is -2.33. The third-order valence-corrected chi connectivity index (χ3v) is 2.71. The van der Waals surface area contributed by atoms with Crippen LogP contribution in [0.4, 0.5) is 13.2 Å². The molecule has 0 aromatic heterocycles. The number of alkyl halides is 3. The summed E-state index contributed by atoms with van der Waals surface area (Å²) in [6.07, 6.45) is -3.42. The maximum Gasteiger partial charge on any atom is 0.411 e. The van der Waals surface area contributed by atoms with E-state index in [1.807, 2.05) is 0 Å². The van der Waals surface area contributed by atoms with Gasteiger partial charge in [0.25, 0.3) is 0 Å². The van der Waals surface area contributed by atoms with E-state index in [1.54, 1.807) is 6.92 Å². The Morgan fingerprint density at radius 2 is 2.22 bits per heavy atom. The molecule has 2 unspecified atom stereocenters. The lowest BCUT2D eigenvalue weighted by atomic mass is 10.1. The first kappa shape index (κ1) is 15.2. The van der Waals surface area contributed by atoms with E-state index >= 15 is 0 Å². The van der Waals surface area contributed by atoms with Gasteiger partial charge in [-0.05, 0) is 19.8 Å². The summed E-state index contributed by atoms with van der Waals surface area (Å²) in [5.74, 6) is -0.120. The van der Waals surface area contributed by atoms with Gasteiger partial charge < -0.3 is 15.4 Å². The standard InChI is InChI=1S/C11H19F3N2O2/c1-8(15)5-10(17)16-4-2-3-9(6-16)18-7-11(12,13)14/h8-9H,2-7,15H2,1H3. The summed E-state index contributed by atoms with van der Waals surface area (Å²) in [6.45, 7) is 1.26. The number of piperidine rings is 1. The number of halogens is 3. The zero-order valence-electron chi connectivity index (χ0n) is 10.4. The van der Waals surface area contributed by atoms with Crippen molar-refractivity contribution < 1.29 is 22.7 Å². The van der Waals surface area contributed by atoms with Crippen molar-refractivity contribution >= 4 is 5.91 Å². The first-order chi connectivity index (χ1) is 8.28. The van der Waals surface area contributed by atoms with Gasteiger partial charge >= 0.3 is 6.18 Å². The highest BCUT2D eigenvalue weighted by atomic mass is 19.4. The average Bonchev–Trinajstić information content (AvgIpc) is 2.25. The van der Waals surface area contributed by atoms with Gasteiger partial charge in [-0.15, -0.1) is 0 Å². The first-order valence-corrected chi connectivity index (χ1v) is 5.99. The number of nitrogens with two attached hydrogens (primary N) is 1. The van der Waals surface area contributed by atoms with Crippen molar-refractivity contribution in [3.63, 3.8) is 0 Å². The van der Waals surface area contributed by atoms with Crippen LogP contribution in [0.25, 0.3) is 0 Å². The highest BCUT2D eigenvalue weighted by Crippen LogP contribution is 2.19. The fourth-order valence-corrected chi connectivity index (χ4v) is 1.92. The second kappa shape index (κ2) is 6.38. The van der Waals surface area contributed by atoms with Gasteiger partial charge in [-0.25, -0.2) is 0 Å². The smallest absolute Gasteiger partial charge is 0.367 e. The van der Waals surface area contributed by atoms with Gasteiger partial charge in [0.15, 0.2) is 0 Å². The molecule has 1 saturated heterocycles. The highest BCUT2D eigenvalue weighted by molar-refractivity contribution is 5.76. The summed E-state index contributed by atoms with van der Waals surface area (Å²) in [7, 11) is 0. The van der Waals surface area contributed by atoms with E-state index in [9.17, 15) is 18.0 Å². The molecule has 106 valence electrons. The molecule has 4 nitrogen and oxygen atoms in total. The molecule has 1 amide bonds. The van der Waals surface area contributed by atoms with Crippen molar-refractivity contribution in [3.05, 3.63) is 0 Å². The minimum atomic E-state index is -4.32. The molecule has 2 atom stereocenters. The molecular formula is C11H19F3N2O2. The normalized spacial score (nSPS) is 22.9. The largest absolute Gasteiger partial charge is 0.411 e. The van der Waals surface area contributed by atoms with Crippen molar-refractivity contribution in [1.82, 2.24) is 4.90 Å². The predicted molar refractivity (Wildman–Crippen MR) is 59.9 cm³/mol. The van der Waals surface area contributed by atoms with Crippen LogP contribution in [0.3, 0.4) is 0 Å². The summed E-state index contributed by atoms with van der Waals surface area (Å²) >= 11 is 0. The molecule has 0 aromatic rings. The maximum absolute atomic E-state index is 12.0. The summed E-state index contributed by atoms with van der Waals surface area (Å²) in [6, 6.07) is -0.242. The Balaban J connectivity index is 2.38. The second-order valence-corrected chi connectivity index (χ2v) is 4.71. The number of carbonyl (C=O) groups is 1. The number of likely N-dealkylation sites (tertiary alicyclic amines) is 1. The van der Waals surface area contributed by atoms with E-state index in [0.29, 0.717) is 19.4 Å². The number of rotatable bonds is 4. The van der Waals surface area contributed by atoms with Crippen LogP contribution in [0, 0.1) is 0 Å². The van der Waals surface area contributed by atoms with Crippen LogP contribution < -0.4 is 5.73 Å². The number of hydrogen-bond acceptors (Lipinski definition) is 3. The van der Waals surface area contributed by atoms with Crippen LogP contribution in [0.2, 0.25) is 0 Å². The molecule has 1 aliphatic heterocycles. The van der Waals surface area contributed by atoms with Crippen LogP contribution >= 0.6 is 0 Å². The van der Waals surface area contributed by atoms with Gasteiger partial charge in [-0.3, -0.25) is 4.79 Å². The van der Waals surface area contributed by atoms with Crippen molar-refractivity contribution in [1.29, 1.82) is 0 Å². The van der Waals surface area contributed by atoms with E-state index in [0.717, 1.165) is 0 Å². The molecule has 1 aliphatic rings. The van der Waals surface area contributed by atoms with Crippen LogP contribution in [-0.4, -0.2) is 48.8 Å². The molecule has 1 fully saturated rings. The summed E-state index contributed by atoms with van der Waals surface area (Å²) in [4.78, 5) is 13.3. The van der Waals surface area contributed by atoms with Crippen molar-refractivity contribution in [3.8, 4) is 0 Å². The fourth-order valence-electron chi connectivity index (χ4n) is 1.92. The molecule has 0 aromatic carbocycles. The Kier molecular flexibility index (Phi) is 5.40. The Morgan fingerprint density at radius 3 is 2.78 bits per heavy atom. The number of ether oxygens (including phenoxy) is 1. The third kappa shape index (κ3) is 5.68. The molecule has 0 bridgehead atoms. The quantitative estimate of drug-likeness (QED) is 0.836. The first-order valence-electron chi connectivity index (χ1n) is 5.99. The Hall–Kier alpha value is -0.820. The fraction of sp³-hybridized carbons (Fsp3) is 0.909. The molecule has 0 saturated carbocycles. The second-order valence-electron chi connectivity index (χ2n) is 4.71. The minimum Gasteiger partial charge on any atom is -0.367 e. The molecule has 1 rings (SSSR count). The van der Waals surface area contributed by atoms with E-state index < -0.39 is 18.9 Å². The summed E-state index contributed by atoms with van der Waals surface area (Å²) < 4.78 is 40.8. The monoisotopic (exact) mass is 268 g/mol. The van der Waals surface area contributed by atoms with Crippen molar-refractivity contribution in [2.45, 2.75) is 44.5 Å². The van der Waals surface area contributed by atoms with Gasteiger partial charge in [0, 0.05) is 25.6 Å². The van der Waals surface area contributed by atoms with Crippen molar-refractivity contribution in [2.75, 3.05) is 19.7 Å². The van der Waals surface area contributed by atoms with Gasteiger partial charge in [0.05, 0.1) is 6.10 Å². The number of carbonyl (C=O) groups excluding carboxylic acids is 1. The summed E-state index contributed by atoms with van der Waals surface area (Å²) in [5.41, 5.74) is 5.52. The summed E-state index contributed by atoms with van der Waals surface area (Å²) in [5, 5.41) is 0. The van der Waals surface area contributed by atoms with E-state index in [1.165, 1.54) is 4.90 Å².